The molecule has 0 radical (unpaired) electrons. The van der Waals surface area contributed by atoms with Crippen molar-refractivity contribution in [1.82, 2.24) is 9.97 Å². The number of rotatable bonds is 4. The van der Waals surface area contributed by atoms with Crippen molar-refractivity contribution in [2.24, 2.45) is 5.92 Å². The maximum absolute atomic E-state index is 5.85. The highest BCUT2D eigenvalue weighted by molar-refractivity contribution is 7.16. The van der Waals surface area contributed by atoms with Gasteiger partial charge in [0.15, 0.2) is 11.5 Å². The summed E-state index contributed by atoms with van der Waals surface area (Å²) in [6.07, 6.45) is 2.53. The second-order valence-electron chi connectivity index (χ2n) is 6.48. The number of ether oxygens (including phenoxy) is 2. The maximum atomic E-state index is 5.85. The van der Waals surface area contributed by atoms with Crippen LogP contribution in [0, 0.1) is 5.92 Å². The number of fused-ring (bicyclic) bond motifs is 2. The van der Waals surface area contributed by atoms with Gasteiger partial charge in [-0.05, 0) is 35.1 Å². The molecule has 0 amide bonds. The third-order valence-electron chi connectivity index (χ3n) is 4.35. The van der Waals surface area contributed by atoms with Crippen LogP contribution in [0.3, 0.4) is 0 Å². The molecule has 4 rings (SSSR count). The molecule has 3 heterocycles. The molecular weight excluding hydrogens is 334 g/mol. The molecule has 1 atom stereocenters. The summed E-state index contributed by atoms with van der Waals surface area (Å²) < 4.78 is 11.6. The number of thiophene rings is 1. The Hall–Kier alpha value is -2.34. The van der Waals surface area contributed by atoms with Crippen molar-refractivity contribution in [3.63, 3.8) is 0 Å². The van der Waals surface area contributed by atoms with Gasteiger partial charge in [0.05, 0.1) is 24.6 Å². The van der Waals surface area contributed by atoms with E-state index < -0.39 is 0 Å². The van der Waals surface area contributed by atoms with Crippen molar-refractivity contribution >= 4 is 27.4 Å². The third-order valence-corrected chi connectivity index (χ3v) is 5.17. The van der Waals surface area contributed by atoms with Crippen molar-refractivity contribution < 1.29 is 9.47 Å². The zero-order valence-corrected chi connectivity index (χ0v) is 15.2. The monoisotopic (exact) mass is 355 g/mol. The lowest BCUT2D eigenvalue weighted by molar-refractivity contribution is 0.297. The van der Waals surface area contributed by atoms with E-state index in [0.717, 1.165) is 34.0 Å². The zero-order chi connectivity index (χ0) is 17.2. The molecule has 3 aromatic rings. The van der Waals surface area contributed by atoms with Crippen LogP contribution in [0.25, 0.3) is 10.2 Å². The van der Waals surface area contributed by atoms with Crippen molar-refractivity contribution in [3.8, 4) is 11.5 Å². The highest BCUT2D eigenvalue weighted by atomic mass is 32.1. The van der Waals surface area contributed by atoms with Crippen LogP contribution < -0.4 is 14.8 Å². The number of hydrogen-bond donors (Lipinski definition) is 1. The summed E-state index contributed by atoms with van der Waals surface area (Å²) in [5.74, 6) is 2.90. The van der Waals surface area contributed by atoms with Gasteiger partial charge >= 0.3 is 0 Å². The van der Waals surface area contributed by atoms with Crippen LogP contribution in [0.1, 0.15) is 31.9 Å². The summed E-state index contributed by atoms with van der Waals surface area (Å²) in [5, 5.41) is 6.71. The molecule has 6 heteroatoms. The Morgan fingerprint density at radius 1 is 1.08 bits per heavy atom. The van der Waals surface area contributed by atoms with Crippen LogP contribution in [-0.4, -0.2) is 23.2 Å². The molecule has 5 nitrogen and oxygen atoms in total. The molecule has 1 aliphatic heterocycles. The van der Waals surface area contributed by atoms with E-state index in [1.807, 2.05) is 11.4 Å². The Balaban J connectivity index is 1.68. The summed E-state index contributed by atoms with van der Waals surface area (Å²) in [4.78, 5) is 9.78. The van der Waals surface area contributed by atoms with Gasteiger partial charge in [0.1, 0.15) is 17.0 Å². The molecule has 1 aromatic carbocycles. The van der Waals surface area contributed by atoms with Crippen LogP contribution in [0.4, 0.5) is 5.82 Å². The summed E-state index contributed by atoms with van der Waals surface area (Å²) in [5.41, 5.74) is 1.17. The molecule has 0 saturated heterocycles. The van der Waals surface area contributed by atoms with Gasteiger partial charge in [0, 0.05) is 6.42 Å². The fraction of sp³-hybridized carbons (Fsp3) is 0.368. The van der Waals surface area contributed by atoms with Crippen molar-refractivity contribution in [2.45, 2.75) is 26.3 Å². The Bertz CT molecular complexity index is 878. The fourth-order valence-electron chi connectivity index (χ4n) is 3.06. The van der Waals surface area contributed by atoms with Gasteiger partial charge in [0.2, 0.25) is 0 Å². The molecule has 0 saturated carbocycles. The van der Waals surface area contributed by atoms with Gasteiger partial charge in [-0.15, -0.1) is 11.3 Å². The van der Waals surface area contributed by atoms with Gasteiger partial charge in [-0.25, -0.2) is 9.97 Å². The van der Waals surface area contributed by atoms with Gasteiger partial charge in [-0.3, -0.25) is 0 Å². The van der Waals surface area contributed by atoms with E-state index in [2.05, 4.69) is 47.3 Å². The molecule has 0 aliphatic carbocycles. The van der Waals surface area contributed by atoms with Gasteiger partial charge < -0.3 is 14.8 Å². The molecule has 130 valence electrons. The first kappa shape index (κ1) is 16.1. The molecule has 0 bridgehead atoms. The molecule has 1 aliphatic rings. The summed E-state index contributed by atoms with van der Waals surface area (Å²) >= 11 is 1.63. The van der Waals surface area contributed by atoms with Crippen molar-refractivity contribution in [3.05, 3.63) is 41.5 Å². The lowest BCUT2D eigenvalue weighted by atomic mass is 9.95. The van der Waals surface area contributed by atoms with E-state index in [1.54, 1.807) is 17.7 Å². The molecule has 0 spiro atoms. The highest BCUT2D eigenvalue weighted by Gasteiger charge is 2.20. The predicted octanol–water partition coefficient (Wildman–Crippen LogP) is 4.66. The average molecular weight is 355 g/mol. The lowest BCUT2D eigenvalue weighted by Gasteiger charge is -2.24. The predicted molar refractivity (Wildman–Crippen MR) is 101 cm³/mol. The Morgan fingerprint density at radius 2 is 1.92 bits per heavy atom. The van der Waals surface area contributed by atoms with E-state index >= 15 is 0 Å². The topological polar surface area (TPSA) is 56.3 Å². The van der Waals surface area contributed by atoms with Crippen LogP contribution in [0.15, 0.2) is 36.0 Å². The lowest BCUT2D eigenvalue weighted by Crippen LogP contribution is -2.18. The normalized spacial score (nSPS) is 15.2. The minimum atomic E-state index is 0.121. The van der Waals surface area contributed by atoms with Crippen molar-refractivity contribution in [1.29, 1.82) is 0 Å². The SMILES string of the molecule is CC(C)[C@H](Nc1ncnc2sccc12)c1ccc2c(c1)OCCCO2. The van der Waals surface area contributed by atoms with Gasteiger partial charge in [-0.1, -0.05) is 19.9 Å². The summed E-state index contributed by atoms with van der Waals surface area (Å²) in [6.45, 7) is 5.80. The number of benzene rings is 1. The minimum absolute atomic E-state index is 0.121. The van der Waals surface area contributed by atoms with E-state index in [9.17, 15) is 0 Å². The number of aromatic nitrogens is 2. The molecular formula is C19H21N3O2S. The molecule has 2 aromatic heterocycles. The molecule has 0 fully saturated rings. The number of nitrogens with zero attached hydrogens (tertiary/aromatic N) is 2. The molecule has 25 heavy (non-hydrogen) atoms. The summed E-state index contributed by atoms with van der Waals surface area (Å²) in [6, 6.07) is 8.39. The van der Waals surface area contributed by atoms with Crippen LogP contribution in [0.2, 0.25) is 0 Å². The van der Waals surface area contributed by atoms with E-state index in [1.165, 1.54) is 5.56 Å². The zero-order valence-electron chi connectivity index (χ0n) is 14.4. The largest absolute Gasteiger partial charge is 0.490 e. The van der Waals surface area contributed by atoms with Crippen LogP contribution >= 0.6 is 11.3 Å². The van der Waals surface area contributed by atoms with Crippen LogP contribution in [0.5, 0.6) is 11.5 Å². The highest BCUT2D eigenvalue weighted by Crippen LogP contribution is 2.36. The quantitative estimate of drug-likeness (QED) is 0.737. The van der Waals surface area contributed by atoms with E-state index in [-0.39, 0.29) is 6.04 Å². The smallest absolute Gasteiger partial charge is 0.161 e. The van der Waals surface area contributed by atoms with Gasteiger partial charge in [-0.2, -0.15) is 0 Å². The summed E-state index contributed by atoms with van der Waals surface area (Å²) in [7, 11) is 0. The minimum Gasteiger partial charge on any atom is -0.490 e. The molecule has 0 unspecified atom stereocenters. The van der Waals surface area contributed by atoms with Gasteiger partial charge in [0.25, 0.3) is 0 Å². The average Bonchev–Trinajstić information content (AvgIpc) is 2.97. The second-order valence-corrected chi connectivity index (χ2v) is 7.38. The number of hydrogen-bond acceptors (Lipinski definition) is 6. The number of anilines is 1. The van der Waals surface area contributed by atoms with E-state index in [4.69, 9.17) is 9.47 Å². The maximum Gasteiger partial charge on any atom is 0.161 e. The van der Waals surface area contributed by atoms with E-state index in [0.29, 0.717) is 19.1 Å². The van der Waals surface area contributed by atoms with Crippen LogP contribution in [-0.2, 0) is 0 Å². The standard InChI is InChI=1S/C19H21N3O2S/c1-12(2)17(22-18-14-6-9-25-19(14)21-11-20-18)13-4-5-15-16(10-13)24-8-3-7-23-15/h4-6,9-12,17H,3,7-8H2,1-2H3,(H,20,21,22)/t17-/m0/s1. The Kier molecular flexibility index (Phi) is 4.44. The first-order valence-electron chi connectivity index (χ1n) is 8.56. The number of nitrogens with one attached hydrogen (secondary N) is 1. The second kappa shape index (κ2) is 6.88. The first-order chi connectivity index (χ1) is 12.2. The fourth-order valence-corrected chi connectivity index (χ4v) is 3.79. The molecule has 1 N–H and O–H groups in total. The van der Waals surface area contributed by atoms with Crippen molar-refractivity contribution in [2.75, 3.05) is 18.5 Å². The Morgan fingerprint density at radius 3 is 2.76 bits per heavy atom. The Labute approximate surface area is 151 Å². The first-order valence-corrected chi connectivity index (χ1v) is 9.44. The third kappa shape index (κ3) is 3.26.